The maximum Gasteiger partial charge on any atom is 0.409 e. The first-order valence-electron chi connectivity index (χ1n) is 8.73. The summed E-state index contributed by atoms with van der Waals surface area (Å²) < 4.78 is 5.21. The average molecular weight is 315 g/mol. The van der Waals surface area contributed by atoms with Gasteiger partial charge in [0.2, 0.25) is 0 Å². The van der Waals surface area contributed by atoms with Gasteiger partial charge in [0.25, 0.3) is 0 Å². The zero-order chi connectivity index (χ0) is 16.0. The first-order valence-corrected chi connectivity index (χ1v) is 8.73. The highest BCUT2D eigenvalue weighted by Gasteiger charge is 2.44. The van der Waals surface area contributed by atoms with Crippen molar-refractivity contribution in [2.75, 3.05) is 49.6 Å². The first kappa shape index (κ1) is 14.7. The molecule has 1 aromatic rings. The number of piperidine rings is 1. The van der Waals surface area contributed by atoms with E-state index in [1.807, 2.05) is 11.8 Å². The number of carbonyl (C=O) groups is 1. The summed E-state index contributed by atoms with van der Waals surface area (Å²) in [5, 5.41) is 0. The number of benzene rings is 1. The van der Waals surface area contributed by atoms with Crippen LogP contribution in [0.25, 0.3) is 0 Å². The standard InChI is InChI=1S/C18H25N3O2/c1-3-23-18(22)20-11-8-15-14(12-20)13-6-4-7-16-17(13)21(15)10-5-9-19(16)2/h4,6-7,14-15H,3,5,8-12H2,1-2H3. The van der Waals surface area contributed by atoms with Crippen LogP contribution >= 0.6 is 0 Å². The molecular weight excluding hydrogens is 290 g/mol. The van der Waals surface area contributed by atoms with Gasteiger partial charge in [-0.25, -0.2) is 4.79 Å². The van der Waals surface area contributed by atoms with E-state index in [4.69, 9.17) is 4.74 Å². The maximum atomic E-state index is 12.1. The van der Waals surface area contributed by atoms with Crippen molar-refractivity contribution in [1.29, 1.82) is 0 Å². The fourth-order valence-electron chi connectivity index (χ4n) is 4.51. The summed E-state index contributed by atoms with van der Waals surface area (Å²) in [5.74, 6) is 0.412. The number of amides is 1. The molecule has 4 rings (SSSR count). The van der Waals surface area contributed by atoms with Crippen LogP contribution in [0.4, 0.5) is 16.2 Å². The highest BCUT2D eigenvalue weighted by atomic mass is 16.6. The molecule has 0 saturated carbocycles. The second-order valence-electron chi connectivity index (χ2n) is 6.79. The maximum absolute atomic E-state index is 12.1. The van der Waals surface area contributed by atoms with Gasteiger partial charge in [-0.3, -0.25) is 0 Å². The molecule has 3 aliphatic rings. The Kier molecular flexibility index (Phi) is 3.58. The van der Waals surface area contributed by atoms with Gasteiger partial charge < -0.3 is 19.4 Å². The Morgan fingerprint density at radius 1 is 1.30 bits per heavy atom. The minimum absolute atomic E-state index is 0.161. The summed E-state index contributed by atoms with van der Waals surface area (Å²) in [7, 11) is 2.19. The third-order valence-electron chi connectivity index (χ3n) is 5.54. The van der Waals surface area contributed by atoms with Gasteiger partial charge in [0.05, 0.1) is 18.0 Å². The molecule has 5 nitrogen and oxygen atoms in total. The molecule has 1 saturated heterocycles. The molecule has 5 heteroatoms. The lowest BCUT2D eigenvalue weighted by molar-refractivity contribution is 0.0934. The highest BCUT2D eigenvalue weighted by Crippen LogP contribution is 2.49. The Bertz CT molecular complexity index is 618. The molecule has 1 amide bonds. The van der Waals surface area contributed by atoms with Crippen LogP contribution in [0.5, 0.6) is 0 Å². The van der Waals surface area contributed by atoms with Gasteiger partial charge in [0, 0.05) is 45.2 Å². The van der Waals surface area contributed by atoms with Crippen LogP contribution in [0.1, 0.15) is 31.2 Å². The topological polar surface area (TPSA) is 36.0 Å². The number of carbonyl (C=O) groups excluding carboxylic acids is 1. The smallest absolute Gasteiger partial charge is 0.409 e. The van der Waals surface area contributed by atoms with Crippen molar-refractivity contribution >= 4 is 17.5 Å². The largest absolute Gasteiger partial charge is 0.450 e. The number of rotatable bonds is 1. The Labute approximate surface area is 137 Å². The molecule has 1 fully saturated rings. The van der Waals surface area contributed by atoms with E-state index in [9.17, 15) is 4.79 Å². The zero-order valence-corrected chi connectivity index (χ0v) is 14.0. The van der Waals surface area contributed by atoms with Crippen LogP contribution in [0, 0.1) is 0 Å². The molecule has 23 heavy (non-hydrogen) atoms. The minimum Gasteiger partial charge on any atom is -0.450 e. The van der Waals surface area contributed by atoms with Gasteiger partial charge in [0.1, 0.15) is 0 Å². The lowest BCUT2D eigenvalue weighted by atomic mass is 9.89. The Morgan fingerprint density at radius 2 is 2.17 bits per heavy atom. The van der Waals surface area contributed by atoms with Gasteiger partial charge in [-0.15, -0.1) is 0 Å². The normalized spacial score (nSPS) is 25.7. The van der Waals surface area contributed by atoms with Crippen LogP contribution in [-0.4, -0.2) is 56.9 Å². The summed E-state index contributed by atoms with van der Waals surface area (Å²) in [6.07, 6.45) is 2.06. The van der Waals surface area contributed by atoms with E-state index in [0.717, 1.165) is 32.6 Å². The van der Waals surface area contributed by atoms with Gasteiger partial charge in [-0.2, -0.15) is 0 Å². The molecule has 0 spiro atoms. The molecule has 124 valence electrons. The number of anilines is 2. The molecule has 2 unspecified atom stereocenters. The lowest BCUT2D eigenvalue weighted by Crippen LogP contribution is -2.48. The van der Waals surface area contributed by atoms with Crippen molar-refractivity contribution in [2.24, 2.45) is 0 Å². The SMILES string of the molecule is CCOC(=O)N1CCC2C(C1)c1cccc3c1N2CCCN3C. The second-order valence-corrected chi connectivity index (χ2v) is 6.79. The van der Waals surface area contributed by atoms with Crippen molar-refractivity contribution in [2.45, 2.75) is 31.7 Å². The van der Waals surface area contributed by atoms with Crippen LogP contribution in [-0.2, 0) is 4.74 Å². The zero-order valence-electron chi connectivity index (χ0n) is 14.0. The van der Waals surface area contributed by atoms with Crippen molar-refractivity contribution < 1.29 is 9.53 Å². The third kappa shape index (κ3) is 2.25. The average Bonchev–Trinajstić information content (AvgIpc) is 2.77. The predicted molar refractivity (Wildman–Crippen MR) is 91.4 cm³/mol. The van der Waals surface area contributed by atoms with Crippen LogP contribution in [0.15, 0.2) is 18.2 Å². The molecule has 2 atom stereocenters. The minimum atomic E-state index is -0.161. The second kappa shape index (κ2) is 5.62. The van der Waals surface area contributed by atoms with E-state index in [-0.39, 0.29) is 6.09 Å². The number of ether oxygens (including phenoxy) is 1. The Hall–Kier alpha value is -1.91. The van der Waals surface area contributed by atoms with E-state index in [1.54, 1.807) is 0 Å². The van der Waals surface area contributed by atoms with Crippen molar-refractivity contribution in [1.82, 2.24) is 4.90 Å². The quantitative estimate of drug-likeness (QED) is 0.798. The monoisotopic (exact) mass is 315 g/mol. The van der Waals surface area contributed by atoms with E-state index >= 15 is 0 Å². The van der Waals surface area contributed by atoms with Gasteiger partial charge in [0.15, 0.2) is 0 Å². The molecule has 1 aromatic carbocycles. The fraction of sp³-hybridized carbons (Fsp3) is 0.611. The molecule has 0 bridgehead atoms. The third-order valence-corrected chi connectivity index (χ3v) is 5.54. The van der Waals surface area contributed by atoms with E-state index in [1.165, 1.54) is 23.4 Å². The Balaban J connectivity index is 1.68. The molecule has 0 radical (unpaired) electrons. The number of hydrogen-bond donors (Lipinski definition) is 0. The summed E-state index contributed by atoms with van der Waals surface area (Å²) in [5.41, 5.74) is 4.17. The van der Waals surface area contributed by atoms with Crippen LogP contribution < -0.4 is 9.80 Å². The van der Waals surface area contributed by atoms with Gasteiger partial charge >= 0.3 is 6.09 Å². The number of nitrogens with zero attached hydrogens (tertiary/aromatic N) is 3. The van der Waals surface area contributed by atoms with Gasteiger partial charge in [-0.1, -0.05) is 12.1 Å². The summed E-state index contributed by atoms with van der Waals surface area (Å²) in [6.45, 7) is 6.12. The number of para-hydroxylation sites is 1. The number of likely N-dealkylation sites (tertiary alicyclic amines) is 1. The summed E-state index contributed by atoms with van der Waals surface area (Å²) >= 11 is 0. The molecule has 3 aliphatic heterocycles. The molecule has 0 N–H and O–H groups in total. The number of hydrogen-bond acceptors (Lipinski definition) is 4. The van der Waals surface area contributed by atoms with E-state index in [2.05, 4.69) is 35.0 Å². The van der Waals surface area contributed by atoms with Crippen LogP contribution in [0.2, 0.25) is 0 Å². The molecular formula is C18H25N3O2. The highest BCUT2D eigenvalue weighted by molar-refractivity contribution is 5.80. The first-order chi connectivity index (χ1) is 11.2. The predicted octanol–water partition coefficient (Wildman–Crippen LogP) is 2.66. The van der Waals surface area contributed by atoms with Crippen molar-refractivity contribution in [3.05, 3.63) is 23.8 Å². The lowest BCUT2D eigenvalue weighted by Gasteiger charge is -2.38. The number of fused-ring (bicyclic) bond motifs is 3. The Morgan fingerprint density at radius 3 is 3.00 bits per heavy atom. The molecule has 3 heterocycles. The van der Waals surface area contributed by atoms with Crippen molar-refractivity contribution in [3.8, 4) is 0 Å². The molecule has 0 aliphatic carbocycles. The van der Waals surface area contributed by atoms with Gasteiger partial charge in [-0.05, 0) is 31.4 Å². The van der Waals surface area contributed by atoms with E-state index in [0.29, 0.717) is 18.6 Å². The van der Waals surface area contributed by atoms with E-state index < -0.39 is 0 Å². The fourth-order valence-corrected chi connectivity index (χ4v) is 4.51. The summed E-state index contributed by atoms with van der Waals surface area (Å²) in [6, 6.07) is 7.19. The summed E-state index contributed by atoms with van der Waals surface area (Å²) in [4.78, 5) is 19.0. The van der Waals surface area contributed by atoms with Crippen molar-refractivity contribution in [3.63, 3.8) is 0 Å². The van der Waals surface area contributed by atoms with Crippen LogP contribution in [0.3, 0.4) is 0 Å². The molecule has 0 aromatic heterocycles.